The summed E-state index contributed by atoms with van der Waals surface area (Å²) in [7, 11) is 0. The minimum absolute atomic E-state index is 0.240. The molecule has 4 nitrogen and oxygen atoms in total. The number of rotatable bonds is 5. The summed E-state index contributed by atoms with van der Waals surface area (Å²) in [5, 5.41) is 6.26. The Morgan fingerprint density at radius 1 is 1.24 bits per heavy atom. The van der Waals surface area contributed by atoms with Gasteiger partial charge in [-0.15, -0.1) is 0 Å². The second-order valence-electron chi connectivity index (χ2n) is 4.67. The molecule has 0 bridgehead atoms. The Bertz CT molecular complexity index is 643. The molecular formula is C16H18ClN3O. The number of carbonyl (C=O) groups is 1. The molecule has 0 fully saturated rings. The number of nitrogens with zero attached hydrogens (tertiary/aromatic N) is 1. The van der Waals surface area contributed by atoms with Gasteiger partial charge in [0, 0.05) is 13.1 Å². The van der Waals surface area contributed by atoms with E-state index >= 15 is 0 Å². The van der Waals surface area contributed by atoms with Gasteiger partial charge in [0.1, 0.15) is 11.5 Å². The number of aromatic nitrogens is 1. The van der Waals surface area contributed by atoms with Crippen LogP contribution >= 0.6 is 11.6 Å². The summed E-state index contributed by atoms with van der Waals surface area (Å²) < 4.78 is 0. The van der Waals surface area contributed by atoms with Crippen molar-refractivity contribution >= 4 is 23.3 Å². The SMILES string of the molecule is CCNc1ccc(Cl)c(C(=O)NCc2ccccc2C)n1. The number of aryl methyl sites for hydroxylation is 1. The third-order valence-corrected chi connectivity index (χ3v) is 3.42. The Kier molecular flexibility index (Phi) is 5.17. The van der Waals surface area contributed by atoms with Gasteiger partial charge in [0.05, 0.1) is 5.02 Å². The molecule has 0 saturated heterocycles. The van der Waals surface area contributed by atoms with E-state index < -0.39 is 0 Å². The van der Waals surface area contributed by atoms with Crippen molar-refractivity contribution in [2.75, 3.05) is 11.9 Å². The molecule has 0 aliphatic carbocycles. The summed E-state index contributed by atoms with van der Waals surface area (Å²) in [6.07, 6.45) is 0. The first-order valence-electron chi connectivity index (χ1n) is 6.85. The van der Waals surface area contributed by atoms with Crippen molar-refractivity contribution in [3.63, 3.8) is 0 Å². The molecular weight excluding hydrogens is 286 g/mol. The van der Waals surface area contributed by atoms with Gasteiger partial charge in [-0.25, -0.2) is 4.98 Å². The molecule has 0 spiro atoms. The van der Waals surface area contributed by atoms with Crippen LogP contribution in [0.1, 0.15) is 28.5 Å². The fraction of sp³-hybridized carbons (Fsp3) is 0.250. The summed E-state index contributed by atoms with van der Waals surface area (Å²) >= 11 is 6.05. The van der Waals surface area contributed by atoms with Crippen LogP contribution in [0.15, 0.2) is 36.4 Å². The van der Waals surface area contributed by atoms with Crippen LogP contribution in [-0.2, 0) is 6.54 Å². The maximum Gasteiger partial charge on any atom is 0.271 e. The number of nitrogens with one attached hydrogen (secondary N) is 2. The lowest BCUT2D eigenvalue weighted by molar-refractivity contribution is 0.0946. The average molecular weight is 304 g/mol. The molecule has 110 valence electrons. The van der Waals surface area contributed by atoms with E-state index in [4.69, 9.17) is 11.6 Å². The highest BCUT2D eigenvalue weighted by Crippen LogP contribution is 2.17. The van der Waals surface area contributed by atoms with E-state index in [9.17, 15) is 4.79 Å². The number of amides is 1. The largest absolute Gasteiger partial charge is 0.370 e. The Hall–Kier alpha value is -2.07. The van der Waals surface area contributed by atoms with E-state index in [0.29, 0.717) is 17.4 Å². The monoisotopic (exact) mass is 303 g/mol. The van der Waals surface area contributed by atoms with Crippen LogP contribution in [0.5, 0.6) is 0 Å². The molecule has 2 N–H and O–H groups in total. The molecule has 1 aromatic heterocycles. The van der Waals surface area contributed by atoms with Crippen LogP contribution in [0.25, 0.3) is 0 Å². The molecule has 0 atom stereocenters. The molecule has 1 heterocycles. The second-order valence-corrected chi connectivity index (χ2v) is 5.07. The van der Waals surface area contributed by atoms with E-state index in [1.165, 1.54) is 0 Å². The summed E-state index contributed by atoms with van der Waals surface area (Å²) in [4.78, 5) is 16.5. The molecule has 1 aromatic carbocycles. The molecule has 0 aliphatic heterocycles. The molecule has 0 aliphatic rings. The Labute approximate surface area is 129 Å². The standard InChI is InChI=1S/C16H18ClN3O/c1-3-18-14-9-8-13(17)15(20-14)16(21)19-10-12-7-5-4-6-11(12)2/h4-9H,3,10H2,1-2H3,(H,18,20)(H,19,21). The molecule has 0 radical (unpaired) electrons. The number of anilines is 1. The van der Waals surface area contributed by atoms with Crippen LogP contribution in [0.2, 0.25) is 5.02 Å². The number of hydrogen-bond acceptors (Lipinski definition) is 3. The summed E-state index contributed by atoms with van der Waals surface area (Å²) in [5.74, 6) is 0.367. The molecule has 1 amide bonds. The lowest BCUT2D eigenvalue weighted by Gasteiger charge is -2.10. The van der Waals surface area contributed by atoms with Crippen molar-refractivity contribution < 1.29 is 4.79 Å². The first kappa shape index (κ1) is 15.3. The van der Waals surface area contributed by atoms with Gasteiger partial charge in [-0.1, -0.05) is 35.9 Å². The van der Waals surface area contributed by atoms with Crippen LogP contribution in [0.4, 0.5) is 5.82 Å². The van der Waals surface area contributed by atoms with E-state index in [1.54, 1.807) is 12.1 Å². The molecule has 2 rings (SSSR count). The van der Waals surface area contributed by atoms with E-state index in [1.807, 2.05) is 38.1 Å². The Morgan fingerprint density at radius 3 is 2.71 bits per heavy atom. The average Bonchev–Trinajstić information content (AvgIpc) is 2.48. The Balaban J connectivity index is 2.10. The van der Waals surface area contributed by atoms with Crippen LogP contribution in [-0.4, -0.2) is 17.4 Å². The van der Waals surface area contributed by atoms with Gasteiger partial charge in [0.2, 0.25) is 0 Å². The zero-order valence-corrected chi connectivity index (χ0v) is 12.9. The fourth-order valence-electron chi connectivity index (χ4n) is 1.95. The number of pyridine rings is 1. The van der Waals surface area contributed by atoms with Crippen LogP contribution in [0, 0.1) is 6.92 Å². The minimum Gasteiger partial charge on any atom is -0.370 e. The third-order valence-electron chi connectivity index (χ3n) is 3.12. The van der Waals surface area contributed by atoms with E-state index in [0.717, 1.165) is 17.7 Å². The summed E-state index contributed by atoms with van der Waals surface area (Å²) in [6.45, 7) is 5.17. The minimum atomic E-state index is -0.275. The van der Waals surface area contributed by atoms with Crippen molar-refractivity contribution in [2.45, 2.75) is 20.4 Å². The third kappa shape index (κ3) is 3.95. The molecule has 21 heavy (non-hydrogen) atoms. The topological polar surface area (TPSA) is 54.0 Å². The predicted octanol–water partition coefficient (Wildman–Crippen LogP) is 3.41. The zero-order chi connectivity index (χ0) is 15.2. The number of benzene rings is 1. The van der Waals surface area contributed by atoms with Gasteiger partial charge in [-0.2, -0.15) is 0 Å². The van der Waals surface area contributed by atoms with Gasteiger partial charge in [0.15, 0.2) is 0 Å². The highest BCUT2D eigenvalue weighted by atomic mass is 35.5. The van der Waals surface area contributed by atoms with Crippen molar-refractivity contribution in [1.29, 1.82) is 0 Å². The van der Waals surface area contributed by atoms with Gasteiger partial charge in [-0.05, 0) is 37.1 Å². The summed E-state index contributed by atoms with van der Waals surface area (Å²) in [5.41, 5.74) is 2.45. The van der Waals surface area contributed by atoms with Crippen molar-refractivity contribution in [2.24, 2.45) is 0 Å². The van der Waals surface area contributed by atoms with Gasteiger partial charge >= 0.3 is 0 Å². The predicted molar refractivity (Wildman–Crippen MR) is 85.8 cm³/mol. The maximum absolute atomic E-state index is 12.2. The highest BCUT2D eigenvalue weighted by molar-refractivity contribution is 6.33. The number of halogens is 1. The van der Waals surface area contributed by atoms with Crippen molar-refractivity contribution in [3.8, 4) is 0 Å². The first-order valence-corrected chi connectivity index (χ1v) is 7.22. The van der Waals surface area contributed by atoms with E-state index in [2.05, 4.69) is 15.6 Å². The lowest BCUT2D eigenvalue weighted by atomic mass is 10.1. The number of carbonyl (C=O) groups excluding carboxylic acids is 1. The maximum atomic E-state index is 12.2. The Morgan fingerprint density at radius 2 is 2.00 bits per heavy atom. The van der Waals surface area contributed by atoms with Gasteiger partial charge < -0.3 is 10.6 Å². The summed E-state index contributed by atoms with van der Waals surface area (Å²) in [6, 6.07) is 11.3. The fourth-order valence-corrected chi connectivity index (χ4v) is 2.14. The second kappa shape index (κ2) is 7.09. The first-order chi connectivity index (χ1) is 10.1. The molecule has 0 unspecified atom stereocenters. The normalized spacial score (nSPS) is 10.2. The zero-order valence-electron chi connectivity index (χ0n) is 12.1. The van der Waals surface area contributed by atoms with Crippen LogP contribution < -0.4 is 10.6 Å². The van der Waals surface area contributed by atoms with Crippen LogP contribution in [0.3, 0.4) is 0 Å². The molecule has 5 heteroatoms. The van der Waals surface area contributed by atoms with Crippen molar-refractivity contribution in [1.82, 2.24) is 10.3 Å². The van der Waals surface area contributed by atoms with Crippen molar-refractivity contribution in [3.05, 3.63) is 58.2 Å². The smallest absolute Gasteiger partial charge is 0.271 e. The molecule has 2 aromatic rings. The quantitative estimate of drug-likeness (QED) is 0.890. The van der Waals surface area contributed by atoms with Gasteiger partial charge in [-0.3, -0.25) is 4.79 Å². The highest BCUT2D eigenvalue weighted by Gasteiger charge is 2.13. The molecule has 0 saturated carbocycles. The van der Waals surface area contributed by atoms with E-state index in [-0.39, 0.29) is 11.6 Å². The number of hydrogen-bond donors (Lipinski definition) is 2. The lowest BCUT2D eigenvalue weighted by Crippen LogP contribution is -2.24. The van der Waals surface area contributed by atoms with Gasteiger partial charge in [0.25, 0.3) is 5.91 Å².